The first-order valence-electron chi connectivity index (χ1n) is 6.74. The Morgan fingerprint density at radius 1 is 1.00 bits per heavy atom. The van der Waals surface area contributed by atoms with Crippen molar-refractivity contribution in [2.45, 2.75) is 25.7 Å². The third-order valence-corrected chi connectivity index (χ3v) is 4.25. The Balaban J connectivity index is 2.14. The monoisotopic (exact) mass is 269 g/mol. The second-order valence-corrected chi connectivity index (χ2v) is 6.10. The standard InChI is InChI=1S/C17H19NS/c1-17(2)13-5-3-4-6-15(13)18-16-8-7-12(9-10-19)11-14(16)17/h3-8,11,18-19H,9-10H2,1-2H3. The summed E-state index contributed by atoms with van der Waals surface area (Å²) in [6, 6.07) is 15.3. The highest BCUT2D eigenvalue weighted by Gasteiger charge is 2.32. The number of nitrogens with one attached hydrogen (secondary N) is 1. The molecule has 1 nitrogen and oxygen atoms in total. The lowest BCUT2D eigenvalue weighted by Crippen LogP contribution is -2.26. The van der Waals surface area contributed by atoms with Gasteiger partial charge in [0.1, 0.15) is 0 Å². The molecule has 0 fully saturated rings. The van der Waals surface area contributed by atoms with Crippen LogP contribution in [0.5, 0.6) is 0 Å². The van der Waals surface area contributed by atoms with Gasteiger partial charge in [0.2, 0.25) is 0 Å². The van der Waals surface area contributed by atoms with E-state index >= 15 is 0 Å². The first-order chi connectivity index (χ1) is 9.13. The van der Waals surface area contributed by atoms with Crippen molar-refractivity contribution in [3.63, 3.8) is 0 Å². The van der Waals surface area contributed by atoms with Crippen LogP contribution in [0, 0.1) is 0 Å². The largest absolute Gasteiger partial charge is 0.355 e. The van der Waals surface area contributed by atoms with Crippen LogP contribution in [0.3, 0.4) is 0 Å². The molecule has 1 heterocycles. The van der Waals surface area contributed by atoms with Gasteiger partial charge in [0.15, 0.2) is 0 Å². The number of aryl methyl sites for hydroxylation is 1. The highest BCUT2D eigenvalue weighted by Crippen LogP contribution is 2.45. The molecule has 3 rings (SSSR count). The van der Waals surface area contributed by atoms with Gasteiger partial charge in [-0.3, -0.25) is 0 Å². The van der Waals surface area contributed by atoms with Crippen molar-refractivity contribution in [1.29, 1.82) is 0 Å². The van der Waals surface area contributed by atoms with Gasteiger partial charge in [0.05, 0.1) is 0 Å². The van der Waals surface area contributed by atoms with Crippen LogP contribution in [0.25, 0.3) is 0 Å². The molecule has 0 aromatic heterocycles. The van der Waals surface area contributed by atoms with Gasteiger partial charge in [0, 0.05) is 16.8 Å². The maximum atomic E-state index is 4.33. The summed E-state index contributed by atoms with van der Waals surface area (Å²) in [6.07, 6.45) is 1.02. The molecule has 0 atom stereocenters. The van der Waals surface area contributed by atoms with Gasteiger partial charge in [0.25, 0.3) is 0 Å². The smallest absolute Gasteiger partial charge is 0.0426 e. The average Bonchev–Trinajstić information content (AvgIpc) is 2.40. The van der Waals surface area contributed by atoms with E-state index in [0.29, 0.717) is 0 Å². The predicted octanol–water partition coefficient (Wildman–Crippen LogP) is 4.54. The van der Waals surface area contributed by atoms with Crippen molar-refractivity contribution < 1.29 is 0 Å². The molecule has 2 aromatic carbocycles. The zero-order valence-electron chi connectivity index (χ0n) is 11.4. The van der Waals surface area contributed by atoms with E-state index in [2.05, 4.69) is 74.3 Å². The third-order valence-electron chi connectivity index (χ3n) is 4.03. The van der Waals surface area contributed by atoms with Gasteiger partial charge < -0.3 is 5.32 Å². The topological polar surface area (TPSA) is 12.0 Å². The first-order valence-corrected chi connectivity index (χ1v) is 7.37. The molecule has 1 N–H and O–H groups in total. The quantitative estimate of drug-likeness (QED) is 0.763. The molecule has 0 saturated heterocycles. The molecule has 0 unspecified atom stereocenters. The Hall–Kier alpha value is -1.41. The summed E-state index contributed by atoms with van der Waals surface area (Å²) in [5.74, 6) is 0.892. The Labute approximate surface area is 120 Å². The molecule has 19 heavy (non-hydrogen) atoms. The Morgan fingerprint density at radius 3 is 2.53 bits per heavy atom. The number of anilines is 2. The molecule has 0 bridgehead atoms. The molecule has 1 aliphatic rings. The third kappa shape index (κ3) is 2.04. The molecule has 2 heteroatoms. The van der Waals surface area contributed by atoms with Crippen LogP contribution in [-0.2, 0) is 11.8 Å². The zero-order chi connectivity index (χ0) is 13.5. The van der Waals surface area contributed by atoms with Gasteiger partial charge >= 0.3 is 0 Å². The van der Waals surface area contributed by atoms with Crippen LogP contribution >= 0.6 is 12.6 Å². The number of para-hydroxylation sites is 1. The normalized spacial score (nSPS) is 15.3. The van der Waals surface area contributed by atoms with Crippen molar-refractivity contribution in [1.82, 2.24) is 0 Å². The average molecular weight is 269 g/mol. The van der Waals surface area contributed by atoms with Crippen molar-refractivity contribution in [3.05, 3.63) is 59.2 Å². The van der Waals surface area contributed by atoms with Crippen LogP contribution < -0.4 is 5.32 Å². The molecule has 0 aliphatic carbocycles. The van der Waals surface area contributed by atoms with E-state index in [9.17, 15) is 0 Å². The van der Waals surface area contributed by atoms with Gasteiger partial charge in [-0.25, -0.2) is 0 Å². The van der Waals surface area contributed by atoms with E-state index < -0.39 is 0 Å². The van der Waals surface area contributed by atoms with Crippen molar-refractivity contribution in [2.75, 3.05) is 11.1 Å². The van der Waals surface area contributed by atoms with Crippen LogP contribution in [-0.4, -0.2) is 5.75 Å². The minimum atomic E-state index is 0.0454. The lowest BCUT2D eigenvalue weighted by molar-refractivity contribution is 0.637. The van der Waals surface area contributed by atoms with Gasteiger partial charge in [-0.1, -0.05) is 44.2 Å². The molecular weight excluding hydrogens is 250 g/mol. The molecule has 2 aromatic rings. The summed E-state index contributed by atoms with van der Waals surface area (Å²) < 4.78 is 0. The lowest BCUT2D eigenvalue weighted by Gasteiger charge is -2.36. The van der Waals surface area contributed by atoms with Crippen LogP contribution in [0.4, 0.5) is 11.4 Å². The lowest BCUT2D eigenvalue weighted by atomic mass is 9.74. The molecule has 0 amide bonds. The number of hydrogen-bond donors (Lipinski definition) is 2. The minimum absolute atomic E-state index is 0.0454. The maximum Gasteiger partial charge on any atom is 0.0426 e. The SMILES string of the molecule is CC1(C)c2ccccc2Nc2ccc(CCS)cc21. The maximum absolute atomic E-state index is 4.33. The van der Waals surface area contributed by atoms with E-state index in [1.807, 2.05) is 0 Å². The molecule has 0 spiro atoms. The highest BCUT2D eigenvalue weighted by molar-refractivity contribution is 7.80. The number of hydrogen-bond acceptors (Lipinski definition) is 2. The van der Waals surface area contributed by atoms with E-state index in [-0.39, 0.29) is 5.41 Å². The van der Waals surface area contributed by atoms with Crippen LogP contribution in [0.15, 0.2) is 42.5 Å². The van der Waals surface area contributed by atoms with Crippen LogP contribution in [0.2, 0.25) is 0 Å². The second-order valence-electron chi connectivity index (χ2n) is 5.65. The fourth-order valence-electron chi connectivity index (χ4n) is 2.93. The summed E-state index contributed by atoms with van der Waals surface area (Å²) in [7, 11) is 0. The Bertz CT molecular complexity index is 616. The highest BCUT2D eigenvalue weighted by atomic mass is 32.1. The molecule has 1 aliphatic heterocycles. The summed E-state index contributed by atoms with van der Waals surface area (Å²) in [4.78, 5) is 0. The molecule has 0 radical (unpaired) electrons. The molecule has 0 saturated carbocycles. The van der Waals surface area contributed by atoms with Crippen molar-refractivity contribution in [2.24, 2.45) is 0 Å². The molecule has 98 valence electrons. The summed E-state index contributed by atoms with van der Waals surface area (Å²) in [5.41, 5.74) is 6.61. The predicted molar refractivity (Wildman–Crippen MR) is 85.9 cm³/mol. The van der Waals surface area contributed by atoms with Gasteiger partial charge in [-0.15, -0.1) is 0 Å². The Morgan fingerprint density at radius 2 is 1.74 bits per heavy atom. The first kappa shape index (κ1) is 12.6. The van der Waals surface area contributed by atoms with Crippen molar-refractivity contribution in [3.8, 4) is 0 Å². The summed E-state index contributed by atoms with van der Waals surface area (Å²) in [5, 5.41) is 3.55. The van der Waals surface area contributed by atoms with Crippen molar-refractivity contribution >= 4 is 24.0 Å². The zero-order valence-corrected chi connectivity index (χ0v) is 12.3. The molecular formula is C17H19NS. The summed E-state index contributed by atoms with van der Waals surface area (Å²) in [6.45, 7) is 4.60. The Kier molecular flexibility index (Phi) is 3.06. The fraction of sp³-hybridized carbons (Fsp3) is 0.294. The number of fused-ring (bicyclic) bond motifs is 2. The number of benzene rings is 2. The van der Waals surface area contributed by atoms with E-state index in [4.69, 9.17) is 0 Å². The van der Waals surface area contributed by atoms with E-state index in [1.54, 1.807) is 0 Å². The summed E-state index contributed by atoms with van der Waals surface area (Å²) >= 11 is 4.33. The van der Waals surface area contributed by atoms with E-state index in [0.717, 1.165) is 12.2 Å². The van der Waals surface area contributed by atoms with Gasteiger partial charge in [-0.05, 0) is 41.0 Å². The number of thiol groups is 1. The van der Waals surface area contributed by atoms with Gasteiger partial charge in [-0.2, -0.15) is 12.6 Å². The fourth-order valence-corrected chi connectivity index (χ4v) is 3.19. The second kappa shape index (κ2) is 4.61. The van der Waals surface area contributed by atoms with E-state index in [1.165, 1.54) is 28.1 Å². The number of rotatable bonds is 2. The van der Waals surface area contributed by atoms with Crippen LogP contribution in [0.1, 0.15) is 30.5 Å². The minimum Gasteiger partial charge on any atom is -0.355 e.